The number of hydrogen-bond donors (Lipinski definition) is 1. The number of aromatic nitrogens is 2. The molecule has 0 saturated heterocycles. The van der Waals surface area contributed by atoms with Gasteiger partial charge in [-0.3, -0.25) is 0 Å². The first kappa shape index (κ1) is 14.3. The van der Waals surface area contributed by atoms with Crippen molar-refractivity contribution in [1.82, 2.24) is 4.57 Å². The molecule has 0 radical (unpaired) electrons. The van der Waals surface area contributed by atoms with Crippen LogP contribution in [0.4, 0.5) is 5.69 Å². The zero-order valence-electron chi connectivity index (χ0n) is 12.5. The highest BCUT2D eigenvalue weighted by Gasteiger charge is 2.24. The molecule has 1 aromatic heterocycles. The van der Waals surface area contributed by atoms with E-state index in [1.165, 1.54) is 6.26 Å². The highest BCUT2D eigenvalue weighted by atomic mass is 16.8. The van der Waals surface area contributed by atoms with Crippen LogP contribution in [0.25, 0.3) is 0 Å². The third-order valence-corrected chi connectivity index (χ3v) is 3.39. The van der Waals surface area contributed by atoms with Crippen LogP contribution in [0.15, 0.2) is 55.2 Å². The summed E-state index contributed by atoms with van der Waals surface area (Å²) >= 11 is 0. The molecule has 1 aromatic carbocycles. The molecule has 2 heterocycles. The van der Waals surface area contributed by atoms with Gasteiger partial charge < -0.3 is 19.9 Å². The maximum atomic E-state index is 5.91. The fraction of sp³-hybridized carbons (Fsp3) is 0.312. The maximum absolute atomic E-state index is 5.91. The van der Waals surface area contributed by atoms with Crippen molar-refractivity contribution in [3.8, 4) is 0 Å². The summed E-state index contributed by atoms with van der Waals surface area (Å²) < 4.78 is 20.8. The molecule has 6 heteroatoms. The number of ether oxygens (including phenoxy) is 3. The Morgan fingerprint density at radius 2 is 2.23 bits per heavy atom. The van der Waals surface area contributed by atoms with Crippen LogP contribution in [0.1, 0.15) is 18.3 Å². The van der Waals surface area contributed by atoms with Gasteiger partial charge in [0.05, 0.1) is 25.8 Å². The molecule has 3 rings (SSSR count). The van der Waals surface area contributed by atoms with Gasteiger partial charge in [-0.25, -0.2) is 9.13 Å². The Morgan fingerprint density at radius 3 is 3.00 bits per heavy atom. The molecule has 0 bridgehead atoms. The third-order valence-electron chi connectivity index (χ3n) is 3.39. The van der Waals surface area contributed by atoms with E-state index >= 15 is 0 Å². The summed E-state index contributed by atoms with van der Waals surface area (Å²) in [7, 11) is 2.00. The highest BCUT2D eigenvalue weighted by Crippen LogP contribution is 2.31. The Bertz CT molecular complexity index is 666. The summed E-state index contributed by atoms with van der Waals surface area (Å²) in [5.74, 6) is 0.395. The predicted octanol–water partition coefficient (Wildman–Crippen LogP) is 1.85. The van der Waals surface area contributed by atoms with Gasteiger partial charge in [-0.05, 0) is 12.1 Å². The molecular weight excluding hydrogens is 282 g/mol. The number of rotatable bonds is 6. The van der Waals surface area contributed by atoms with Crippen LogP contribution in [0.2, 0.25) is 0 Å². The number of nitrogen functional groups attached to an aromatic ring is 1. The monoisotopic (exact) mass is 302 g/mol. The van der Waals surface area contributed by atoms with Gasteiger partial charge in [0, 0.05) is 12.1 Å². The predicted molar refractivity (Wildman–Crippen MR) is 80.0 cm³/mol. The van der Waals surface area contributed by atoms with E-state index in [2.05, 4.69) is 4.57 Å². The molecule has 2 aromatic rings. The molecule has 1 atom stereocenters. The first-order valence-corrected chi connectivity index (χ1v) is 7.23. The first-order chi connectivity index (χ1) is 10.7. The molecule has 6 nitrogen and oxygen atoms in total. The average Bonchev–Trinajstić information content (AvgIpc) is 3.13. The van der Waals surface area contributed by atoms with Crippen molar-refractivity contribution in [2.24, 2.45) is 7.05 Å². The van der Waals surface area contributed by atoms with Crippen molar-refractivity contribution < 1.29 is 18.8 Å². The summed E-state index contributed by atoms with van der Waals surface area (Å²) in [6, 6.07) is 7.47. The van der Waals surface area contributed by atoms with Gasteiger partial charge >= 0.3 is 5.95 Å². The summed E-state index contributed by atoms with van der Waals surface area (Å²) in [5.41, 5.74) is 7.35. The Morgan fingerprint density at radius 1 is 1.36 bits per heavy atom. The van der Waals surface area contributed by atoms with Crippen molar-refractivity contribution in [3.63, 3.8) is 0 Å². The largest absolute Gasteiger partial charge is 0.463 e. The van der Waals surface area contributed by atoms with Gasteiger partial charge in [-0.2, -0.15) is 0 Å². The Kier molecular flexibility index (Phi) is 4.18. The van der Waals surface area contributed by atoms with Gasteiger partial charge in [0.1, 0.15) is 12.4 Å². The zero-order valence-corrected chi connectivity index (χ0v) is 12.5. The normalized spacial score (nSPS) is 16.8. The van der Waals surface area contributed by atoms with E-state index in [9.17, 15) is 0 Å². The van der Waals surface area contributed by atoms with Crippen molar-refractivity contribution in [3.05, 3.63) is 60.8 Å². The van der Waals surface area contributed by atoms with Crippen LogP contribution in [0.5, 0.6) is 0 Å². The lowest BCUT2D eigenvalue weighted by Gasteiger charge is -2.13. The molecule has 0 spiro atoms. The zero-order chi connectivity index (χ0) is 15.4. The quantitative estimate of drug-likeness (QED) is 0.502. The Balaban J connectivity index is 1.42. The molecule has 0 aliphatic carbocycles. The summed E-state index contributed by atoms with van der Waals surface area (Å²) in [5, 5.41) is 0. The minimum Gasteiger partial charge on any atom is -0.463 e. The lowest BCUT2D eigenvalue weighted by molar-refractivity contribution is -0.671. The molecule has 22 heavy (non-hydrogen) atoms. The number of benzene rings is 1. The second kappa shape index (κ2) is 6.43. The first-order valence-electron chi connectivity index (χ1n) is 7.23. The van der Waals surface area contributed by atoms with E-state index in [-0.39, 0.29) is 0 Å². The molecule has 1 unspecified atom stereocenters. The van der Waals surface area contributed by atoms with Crippen LogP contribution in [0, 0.1) is 0 Å². The number of imidazole rings is 1. The lowest BCUT2D eigenvalue weighted by atomic mass is 10.2. The number of anilines is 1. The van der Waals surface area contributed by atoms with Gasteiger partial charge in [0.2, 0.25) is 6.33 Å². The topological polar surface area (TPSA) is 62.5 Å². The van der Waals surface area contributed by atoms with E-state index in [1.54, 1.807) is 0 Å². The number of nitrogens with two attached hydrogens (primary N) is 1. The van der Waals surface area contributed by atoms with Crippen molar-refractivity contribution in [2.45, 2.75) is 19.3 Å². The molecule has 1 aliphatic heterocycles. The number of para-hydroxylation sites is 1. The van der Waals surface area contributed by atoms with Gasteiger partial charge in [0.25, 0.3) is 6.29 Å². The molecule has 1 aliphatic rings. The Hall–Kier alpha value is -2.63. The van der Waals surface area contributed by atoms with E-state index in [0.717, 1.165) is 18.5 Å². The van der Waals surface area contributed by atoms with Crippen LogP contribution in [0.3, 0.4) is 0 Å². The van der Waals surface area contributed by atoms with Crippen LogP contribution in [-0.4, -0.2) is 11.2 Å². The van der Waals surface area contributed by atoms with Gasteiger partial charge in [0.15, 0.2) is 6.26 Å². The standard InChI is InChI=1S/C16H20N3O3/c1-18-8-9-19(12-18)7-4-10-20-15-11-21-16(22-15)13-5-2-3-6-14(13)17/h2-3,5-6,8-9,11-12,16H,4,7,10,17H2,1H3/q+1. The minimum atomic E-state index is -0.528. The van der Waals surface area contributed by atoms with Gasteiger partial charge in [-0.1, -0.05) is 12.1 Å². The SMILES string of the molecule is C[n+]1ccn(CCCOC2=COC(c3ccccc3N)O2)c1. The molecule has 2 N–H and O–H groups in total. The fourth-order valence-electron chi connectivity index (χ4n) is 2.26. The number of nitrogens with zero attached hydrogens (tertiary/aromatic N) is 2. The third kappa shape index (κ3) is 3.33. The van der Waals surface area contributed by atoms with Crippen LogP contribution < -0.4 is 10.3 Å². The molecular formula is C16H20N3O3+. The molecule has 116 valence electrons. The smallest absolute Gasteiger partial charge is 0.319 e. The van der Waals surface area contributed by atoms with E-state index in [4.69, 9.17) is 19.9 Å². The lowest BCUT2D eigenvalue weighted by Crippen LogP contribution is -2.23. The fourth-order valence-corrected chi connectivity index (χ4v) is 2.26. The highest BCUT2D eigenvalue weighted by molar-refractivity contribution is 5.47. The number of hydrogen-bond acceptors (Lipinski definition) is 4. The average molecular weight is 302 g/mol. The van der Waals surface area contributed by atoms with Crippen LogP contribution in [-0.2, 0) is 27.8 Å². The second-order valence-electron chi connectivity index (χ2n) is 5.17. The second-order valence-corrected chi connectivity index (χ2v) is 5.17. The molecule has 0 amide bonds. The molecule has 0 fully saturated rings. The van der Waals surface area contributed by atoms with E-state index in [1.807, 2.05) is 54.6 Å². The summed E-state index contributed by atoms with van der Waals surface area (Å²) in [4.78, 5) is 0. The van der Waals surface area contributed by atoms with Crippen LogP contribution >= 0.6 is 0 Å². The summed E-state index contributed by atoms with van der Waals surface area (Å²) in [6.45, 7) is 1.46. The van der Waals surface area contributed by atoms with E-state index < -0.39 is 6.29 Å². The maximum Gasteiger partial charge on any atom is 0.319 e. The minimum absolute atomic E-state index is 0.395. The van der Waals surface area contributed by atoms with E-state index in [0.29, 0.717) is 18.2 Å². The van der Waals surface area contributed by atoms with Gasteiger partial charge in [-0.15, -0.1) is 0 Å². The van der Waals surface area contributed by atoms with Crippen molar-refractivity contribution >= 4 is 5.69 Å². The summed E-state index contributed by atoms with van der Waals surface area (Å²) in [6.07, 6.45) is 7.91. The van der Waals surface area contributed by atoms with Crippen molar-refractivity contribution in [2.75, 3.05) is 12.3 Å². The molecule has 0 saturated carbocycles. The Labute approximate surface area is 129 Å². The number of aryl methyl sites for hydroxylation is 2. The van der Waals surface area contributed by atoms with Crippen molar-refractivity contribution in [1.29, 1.82) is 0 Å².